The maximum Gasteiger partial charge on any atom is 0.224 e. The van der Waals surface area contributed by atoms with Crippen LogP contribution in [0.15, 0.2) is 30.3 Å². The molecule has 106 valence electrons. The Morgan fingerprint density at radius 3 is 2.53 bits per heavy atom. The highest BCUT2D eigenvalue weighted by atomic mass is 16.3. The smallest absolute Gasteiger partial charge is 0.224 e. The fourth-order valence-electron chi connectivity index (χ4n) is 1.69. The lowest BCUT2D eigenvalue weighted by molar-refractivity contribution is -0.126. The second kappa shape index (κ2) is 6.68. The number of benzene rings is 1. The largest absolute Gasteiger partial charge is 0.388 e. The van der Waals surface area contributed by atoms with E-state index in [-0.39, 0.29) is 24.4 Å². The normalized spacial score (nSPS) is 17.3. The fourth-order valence-corrected chi connectivity index (χ4v) is 1.69. The van der Waals surface area contributed by atoms with Crippen molar-refractivity contribution in [2.45, 2.75) is 38.8 Å². The summed E-state index contributed by atoms with van der Waals surface area (Å²) in [6, 6.07) is 9.21. The molecule has 0 spiro atoms. The van der Waals surface area contributed by atoms with E-state index in [0.717, 1.165) is 5.56 Å². The molecule has 4 nitrogen and oxygen atoms in total. The number of carbonyl (C=O) groups excluding carboxylic acids is 1. The average molecular weight is 264 g/mol. The van der Waals surface area contributed by atoms with Crippen molar-refractivity contribution in [1.82, 2.24) is 5.32 Å². The summed E-state index contributed by atoms with van der Waals surface area (Å²) in [7, 11) is 0. The van der Waals surface area contributed by atoms with Crippen LogP contribution in [0.25, 0.3) is 0 Å². The van der Waals surface area contributed by atoms with E-state index in [0.29, 0.717) is 6.42 Å². The van der Waals surface area contributed by atoms with Gasteiger partial charge in [0.05, 0.1) is 11.5 Å². The van der Waals surface area contributed by atoms with Crippen molar-refractivity contribution in [1.29, 1.82) is 0 Å². The van der Waals surface area contributed by atoms with Gasteiger partial charge in [-0.05, 0) is 18.9 Å². The maximum absolute atomic E-state index is 12.0. The quantitative estimate of drug-likeness (QED) is 0.730. The van der Waals surface area contributed by atoms with E-state index in [9.17, 15) is 9.90 Å². The Bertz CT molecular complexity index is 404. The summed E-state index contributed by atoms with van der Waals surface area (Å²) < 4.78 is 0. The third-order valence-electron chi connectivity index (χ3n) is 3.54. The van der Waals surface area contributed by atoms with Gasteiger partial charge in [0.2, 0.25) is 5.91 Å². The van der Waals surface area contributed by atoms with E-state index in [1.165, 1.54) is 0 Å². The Morgan fingerprint density at radius 2 is 2.00 bits per heavy atom. The van der Waals surface area contributed by atoms with E-state index in [1.54, 1.807) is 13.8 Å². The highest BCUT2D eigenvalue weighted by molar-refractivity contribution is 5.79. The molecule has 4 heteroatoms. The number of rotatable bonds is 6. The third-order valence-corrected chi connectivity index (χ3v) is 3.54. The molecule has 1 aromatic carbocycles. The van der Waals surface area contributed by atoms with Gasteiger partial charge in [-0.2, -0.15) is 0 Å². The van der Waals surface area contributed by atoms with E-state index >= 15 is 0 Å². The van der Waals surface area contributed by atoms with Gasteiger partial charge >= 0.3 is 0 Å². The molecule has 3 atom stereocenters. The minimum atomic E-state index is -0.869. The first-order valence-corrected chi connectivity index (χ1v) is 6.68. The number of nitrogens with two attached hydrogens (primary N) is 1. The topological polar surface area (TPSA) is 75.3 Å². The second-order valence-electron chi connectivity index (χ2n) is 5.29. The second-order valence-corrected chi connectivity index (χ2v) is 5.29. The molecule has 1 aromatic rings. The summed E-state index contributed by atoms with van der Waals surface area (Å²) >= 11 is 0. The van der Waals surface area contributed by atoms with Gasteiger partial charge in [-0.3, -0.25) is 4.79 Å². The van der Waals surface area contributed by atoms with Crippen molar-refractivity contribution in [3.63, 3.8) is 0 Å². The molecule has 0 fully saturated rings. The van der Waals surface area contributed by atoms with Gasteiger partial charge < -0.3 is 16.2 Å². The number of carbonyl (C=O) groups is 1. The van der Waals surface area contributed by atoms with Crippen LogP contribution in [0.5, 0.6) is 0 Å². The van der Waals surface area contributed by atoms with Crippen LogP contribution < -0.4 is 11.1 Å². The summed E-state index contributed by atoms with van der Waals surface area (Å²) in [5.74, 6) is -0.472. The van der Waals surface area contributed by atoms with Gasteiger partial charge in [-0.1, -0.05) is 44.2 Å². The molecule has 0 aliphatic heterocycles. The Balaban J connectivity index is 2.58. The maximum atomic E-state index is 12.0. The minimum Gasteiger partial charge on any atom is -0.388 e. The zero-order chi connectivity index (χ0) is 14.5. The SMILES string of the molecule is CCC(C)(O)CNC(=O)C(C)C(N)c1ccccc1. The number of hydrogen-bond donors (Lipinski definition) is 3. The molecule has 0 saturated carbocycles. The highest BCUT2D eigenvalue weighted by Gasteiger charge is 2.24. The predicted molar refractivity (Wildman–Crippen MR) is 76.5 cm³/mol. The molecule has 0 radical (unpaired) electrons. The Hall–Kier alpha value is -1.39. The van der Waals surface area contributed by atoms with Crippen LogP contribution in [0, 0.1) is 5.92 Å². The van der Waals surface area contributed by atoms with E-state index in [4.69, 9.17) is 5.73 Å². The first-order chi connectivity index (χ1) is 8.87. The molecule has 1 amide bonds. The zero-order valence-electron chi connectivity index (χ0n) is 11.9. The standard InChI is InChI=1S/C15H24N2O2/c1-4-15(3,19)10-17-14(18)11(2)13(16)12-8-6-5-7-9-12/h5-9,11,13,19H,4,10,16H2,1-3H3,(H,17,18). The lowest BCUT2D eigenvalue weighted by Gasteiger charge is -2.25. The van der Waals surface area contributed by atoms with E-state index in [2.05, 4.69) is 5.32 Å². The van der Waals surface area contributed by atoms with Crippen molar-refractivity contribution in [3.8, 4) is 0 Å². The Morgan fingerprint density at radius 1 is 1.42 bits per heavy atom. The van der Waals surface area contributed by atoms with Crippen molar-refractivity contribution in [2.75, 3.05) is 6.54 Å². The van der Waals surface area contributed by atoms with E-state index in [1.807, 2.05) is 37.3 Å². The van der Waals surface area contributed by atoms with Gasteiger partial charge in [0.25, 0.3) is 0 Å². The number of amides is 1. The van der Waals surface area contributed by atoms with Gasteiger partial charge in [0.1, 0.15) is 0 Å². The van der Waals surface area contributed by atoms with E-state index < -0.39 is 5.60 Å². The minimum absolute atomic E-state index is 0.134. The van der Waals surface area contributed by atoms with Crippen molar-refractivity contribution in [3.05, 3.63) is 35.9 Å². The molecular weight excluding hydrogens is 240 g/mol. The number of aliphatic hydroxyl groups is 1. The molecule has 0 bridgehead atoms. The van der Waals surface area contributed by atoms with Gasteiger partial charge in [-0.25, -0.2) is 0 Å². The van der Waals surface area contributed by atoms with Crippen LogP contribution in [0.2, 0.25) is 0 Å². The van der Waals surface area contributed by atoms with Crippen molar-refractivity contribution >= 4 is 5.91 Å². The van der Waals surface area contributed by atoms with Gasteiger partial charge in [0.15, 0.2) is 0 Å². The third kappa shape index (κ3) is 4.65. The number of nitrogens with one attached hydrogen (secondary N) is 1. The van der Waals surface area contributed by atoms with Crippen molar-refractivity contribution < 1.29 is 9.90 Å². The van der Waals surface area contributed by atoms with Crippen LogP contribution in [0.1, 0.15) is 38.8 Å². The van der Waals surface area contributed by atoms with Gasteiger partial charge in [0, 0.05) is 12.6 Å². The van der Waals surface area contributed by atoms with Gasteiger partial charge in [-0.15, -0.1) is 0 Å². The predicted octanol–water partition coefficient (Wildman–Crippen LogP) is 1.60. The first-order valence-electron chi connectivity index (χ1n) is 6.68. The molecule has 4 N–H and O–H groups in total. The fraction of sp³-hybridized carbons (Fsp3) is 0.533. The van der Waals surface area contributed by atoms with Crippen LogP contribution in [0.4, 0.5) is 0 Å². The molecule has 0 heterocycles. The average Bonchev–Trinajstić information content (AvgIpc) is 2.44. The zero-order valence-corrected chi connectivity index (χ0v) is 11.9. The van der Waals surface area contributed by atoms with Crippen LogP contribution in [-0.2, 0) is 4.79 Å². The summed E-state index contributed by atoms with van der Waals surface area (Å²) in [6.07, 6.45) is 0.590. The molecule has 3 unspecified atom stereocenters. The van der Waals surface area contributed by atoms with Crippen molar-refractivity contribution in [2.24, 2.45) is 11.7 Å². The number of hydrogen-bond acceptors (Lipinski definition) is 3. The molecule has 19 heavy (non-hydrogen) atoms. The summed E-state index contributed by atoms with van der Waals surface area (Å²) in [4.78, 5) is 12.0. The molecule has 0 aromatic heterocycles. The molecule has 1 rings (SSSR count). The highest BCUT2D eigenvalue weighted by Crippen LogP contribution is 2.19. The van der Waals surface area contributed by atoms with Crippen LogP contribution in [-0.4, -0.2) is 23.2 Å². The lowest BCUT2D eigenvalue weighted by Crippen LogP contribution is -2.43. The molecular formula is C15H24N2O2. The lowest BCUT2D eigenvalue weighted by atomic mass is 9.94. The summed E-state index contributed by atoms with van der Waals surface area (Å²) in [6.45, 7) is 5.63. The molecule has 0 aliphatic carbocycles. The Labute approximate surface area is 115 Å². The van der Waals surface area contributed by atoms with Crippen LogP contribution >= 0.6 is 0 Å². The molecule has 0 aliphatic rings. The first kappa shape index (κ1) is 15.7. The van der Waals surface area contributed by atoms with Crippen LogP contribution in [0.3, 0.4) is 0 Å². The summed E-state index contributed by atoms with van der Waals surface area (Å²) in [5.41, 5.74) is 6.16. The molecule has 0 saturated heterocycles. The monoisotopic (exact) mass is 264 g/mol. The summed E-state index contributed by atoms with van der Waals surface area (Å²) in [5, 5.41) is 12.6. The Kier molecular flexibility index (Phi) is 5.51.